The van der Waals surface area contributed by atoms with Gasteiger partial charge in [-0.2, -0.15) is 0 Å². The van der Waals surface area contributed by atoms with Gasteiger partial charge in [0.2, 0.25) is 0 Å². The van der Waals surface area contributed by atoms with Crippen molar-refractivity contribution in [1.29, 1.82) is 0 Å². The second-order valence-corrected chi connectivity index (χ2v) is 7.76. The molecular formula is C26H24N2O5. The quantitative estimate of drug-likeness (QED) is 0.351. The number of carbonyl (C=O) groups is 2. The van der Waals surface area contributed by atoms with Crippen LogP contribution in [0, 0.1) is 6.92 Å². The molecule has 0 unspecified atom stereocenters. The van der Waals surface area contributed by atoms with Crippen molar-refractivity contribution < 1.29 is 24.2 Å². The Morgan fingerprint density at radius 2 is 1.82 bits per heavy atom. The fraction of sp³-hybridized carbons (Fsp3) is 0.192. The van der Waals surface area contributed by atoms with Crippen LogP contribution in [0.3, 0.4) is 0 Å². The molecule has 7 heteroatoms. The molecule has 1 aromatic heterocycles. The number of hydrogen-bond donors (Lipinski definition) is 1. The van der Waals surface area contributed by atoms with E-state index < -0.39 is 17.7 Å². The number of aromatic nitrogens is 1. The number of ketones is 1. The molecule has 1 atom stereocenters. The van der Waals surface area contributed by atoms with Crippen LogP contribution >= 0.6 is 0 Å². The molecule has 4 rings (SSSR count). The van der Waals surface area contributed by atoms with Crippen LogP contribution in [0.25, 0.3) is 5.76 Å². The van der Waals surface area contributed by atoms with Crippen molar-refractivity contribution in [2.24, 2.45) is 0 Å². The van der Waals surface area contributed by atoms with E-state index in [9.17, 15) is 14.7 Å². The Morgan fingerprint density at radius 1 is 1.06 bits per heavy atom. The van der Waals surface area contributed by atoms with Crippen LogP contribution < -0.4 is 9.47 Å². The van der Waals surface area contributed by atoms with E-state index in [1.807, 2.05) is 25.1 Å². The molecule has 0 saturated carbocycles. The Bertz CT molecular complexity index is 1220. The second-order valence-electron chi connectivity index (χ2n) is 7.76. The summed E-state index contributed by atoms with van der Waals surface area (Å²) in [4.78, 5) is 31.9. The van der Waals surface area contributed by atoms with Crippen LogP contribution in [0.4, 0.5) is 0 Å². The summed E-state index contributed by atoms with van der Waals surface area (Å²) in [5, 5.41) is 11.2. The van der Waals surface area contributed by atoms with Crippen LogP contribution in [-0.2, 0) is 16.1 Å². The molecule has 168 valence electrons. The molecule has 1 N–H and O–H groups in total. The molecule has 0 spiro atoms. The third kappa shape index (κ3) is 4.17. The van der Waals surface area contributed by atoms with Gasteiger partial charge in [0, 0.05) is 36.1 Å². The first-order valence-corrected chi connectivity index (χ1v) is 10.4. The highest BCUT2D eigenvalue weighted by atomic mass is 16.5. The van der Waals surface area contributed by atoms with Crippen LogP contribution in [0.15, 0.2) is 72.6 Å². The second kappa shape index (κ2) is 9.16. The lowest BCUT2D eigenvalue weighted by Crippen LogP contribution is -2.29. The van der Waals surface area contributed by atoms with Crippen LogP contribution in [-0.4, -0.2) is 40.9 Å². The Balaban J connectivity index is 1.91. The van der Waals surface area contributed by atoms with Crippen molar-refractivity contribution in [3.63, 3.8) is 0 Å². The topological polar surface area (TPSA) is 89.0 Å². The summed E-state index contributed by atoms with van der Waals surface area (Å²) < 4.78 is 10.9. The minimum Gasteiger partial charge on any atom is -0.507 e. The fourth-order valence-electron chi connectivity index (χ4n) is 3.97. The van der Waals surface area contributed by atoms with Crippen molar-refractivity contribution in [2.45, 2.75) is 19.5 Å². The van der Waals surface area contributed by atoms with Gasteiger partial charge in [-0.3, -0.25) is 14.6 Å². The first kappa shape index (κ1) is 22.1. The molecule has 3 aromatic rings. The number of rotatable bonds is 6. The normalized spacial score (nSPS) is 17.3. The van der Waals surface area contributed by atoms with Gasteiger partial charge < -0.3 is 19.5 Å². The van der Waals surface area contributed by atoms with Gasteiger partial charge in [0.05, 0.1) is 25.8 Å². The number of amides is 1. The maximum atomic E-state index is 13.2. The van der Waals surface area contributed by atoms with Crippen molar-refractivity contribution >= 4 is 17.4 Å². The molecule has 33 heavy (non-hydrogen) atoms. The Morgan fingerprint density at radius 3 is 2.45 bits per heavy atom. The van der Waals surface area contributed by atoms with Gasteiger partial charge >= 0.3 is 0 Å². The average molecular weight is 444 g/mol. The third-order valence-electron chi connectivity index (χ3n) is 5.68. The summed E-state index contributed by atoms with van der Waals surface area (Å²) in [6.07, 6.45) is 3.28. The minimum absolute atomic E-state index is 0.0104. The molecule has 1 fully saturated rings. The van der Waals surface area contributed by atoms with Crippen molar-refractivity contribution in [3.05, 3.63) is 94.8 Å². The molecule has 1 saturated heterocycles. The highest BCUT2D eigenvalue weighted by Gasteiger charge is 2.47. The summed E-state index contributed by atoms with van der Waals surface area (Å²) in [5.41, 5.74) is 2.80. The summed E-state index contributed by atoms with van der Waals surface area (Å²) in [6.45, 7) is 2.07. The molecule has 2 aromatic carbocycles. The van der Waals surface area contributed by atoms with Crippen molar-refractivity contribution in [1.82, 2.24) is 9.88 Å². The molecule has 2 heterocycles. The predicted molar refractivity (Wildman–Crippen MR) is 123 cm³/mol. The van der Waals surface area contributed by atoms with Crippen LogP contribution in [0.2, 0.25) is 0 Å². The number of likely N-dealkylation sites (tertiary alicyclic amines) is 1. The molecule has 1 amide bonds. The molecule has 0 bridgehead atoms. The minimum atomic E-state index is -0.854. The first-order chi connectivity index (χ1) is 15.9. The first-order valence-electron chi connectivity index (χ1n) is 10.4. The number of aliphatic hydroxyl groups excluding tert-OH is 1. The molecule has 1 aliphatic rings. The van der Waals surface area contributed by atoms with E-state index in [1.54, 1.807) is 55.9 Å². The zero-order chi connectivity index (χ0) is 23.5. The highest BCUT2D eigenvalue weighted by Crippen LogP contribution is 2.44. The smallest absolute Gasteiger partial charge is 0.295 e. The van der Waals surface area contributed by atoms with Gasteiger partial charge in [-0.05, 0) is 30.7 Å². The number of benzene rings is 2. The Kier molecular flexibility index (Phi) is 6.13. The molecular weight excluding hydrogens is 420 g/mol. The fourth-order valence-corrected chi connectivity index (χ4v) is 3.97. The van der Waals surface area contributed by atoms with Crippen LogP contribution in [0.1, 0.15) is 28.3 Å². The standard InChI is InChI=1S/C26H24N2O5/c1-16-6-8-18(9-7-16)24(29)22-23(20-11-10-19(32-2)13-21(20)33-3)28(26(31)25(22)30)15-17-5-4-12-27-14-17/h4-14,23,29H,15H2,1-3H3/t23-/m0/s1. The number of Topliss-reactive ketones (excluding diaryl/α,β-unsaturated/α-hetero) is 1. The van der Waals surface area contributed by atoms with Crippen LogP contribution in [0.5, 0.6) is 11.5 Å². The highest BCUT2D eigenvalue weighted by molar-refractivity contribution is 6.46. The summed E-state index contributed by atoms with van der Waals surface area (Å²) in [6, 6.07) is 15.0. The van der Waals surface area contributed by atoms with Gasteiger partial charge in [0.1, 0.15) is 17.3 Å². The van der Waals surface area contributed by atoms with E-state index in [0.29, 0.717) is 22.6 Å². The van der Waals surface area contributed by atoms with Crippen molar-refractivity contribution in [2.75, 3.05) is 14.2 Å². The van der Waals surface area contributed by atoms with Gasteiger partial charge in [-0.25, -0.2) is 0 Å². The Hall–Kier alpha value is -4.13. The van der Waals surface area contributed by atoms with E-state index in [-0.39, 0.29) is 17.9 Å². The molecule has 0 aliphatic carbocycles. The SMILES string of the molecule is COc1ccc([C@H]2C(=C(O)c3ccc(C)cc3)C(=O)C(=O)N2Cc2cccnc2)c(OC)c1. The zero-order valence-corrected chi connectivity index (χ0v) is 18.6. The number of nitrogens with zero attached hydrogens (tertiary/aromatic N) is 2. The summed E-state index contributed by atoms with van der Waals surface area (Å²) >= 11 is 0. The molecule has 7 nitrogen and oxygen atoms in total. The number of hydrogen-bond acceptors (Lipinski definition) is 6. The molecule has 0 radical (unpaired) electrons. The maximum Gasteiger partial charge on any atom is 0.295 e. The van der Waals surface area contributed by atoms with E-state index >= 15 is 0 Å². The van der Waals surface area contributed by atoms with E-state index in [4.69, 9.17) is 9.47 Å². The number of methoxy groups -OCH3 is 2. The number of aryl methyl sites for hydroxylation is 1. The largest absolute Gasteiger partial charge is 0.507 e. The summed E-state index contributed by atoms with van der Waals surface area (Å²) in [5.74, 6) is -0.675. The Labute approximate surface area is 191 Å². The van der Waals surface area contributed by atoms with Gasteiger partial charge in [-0.1, -0.05) is 35.9 Å². The van der Waals surface area contributed by atoms with E-state index in [1.165, 1.54) is 12.0 Å². The number of aliphatic hydroxyl groups is 1. The lowest BCUT2D eigenvalue weighted by molar-refractivity contribution is -0.140. The predicted octanol–water partition coefficient (Wildman–Crippen LogP) is 4.03. The lowest BCUT2D eigenvalue weighted by atomic mass is 9.94. The van der Waals surface area contributed by atoms with Gasteiger partial charge in [0.15, 0.2) is 0 Å². The van der Waals surface area contributed by atoms with Crippen molar-refractivity contribution in [3.8, 4) is 11.5 Å². The average Bonchev–Trinajstić information content (AvgIpc) is 3.09. The number of ether oxygens (including phenoxy) is 2. The monoisotopic (exact) mass is 444 g/mol. The molecule has 1 aliphatic heterocycles. The zero-order valence-electron chi connectivity index (χ0n) is 18.6. The van der Waals surface area contributed by atoms with E-state index in [0.717, 1.165) is 11.1 Å². The third-order valence-corrected chi connectivity index (χ3v) is 5.68. The summed E-state index contributed by atoms with van der Waals surface area (Å²) in [7, 11) is 3.05. The van der Waals surface area contributed by atoms with Gasteiger partial charge in [0.25, 0.3) is 11.7 Å². The number of carbonyl (C=O) groups excluding carboxylic acids is 2. The number of pyridine rings is 1. The van der Waals surface area contributed by atoms with Gasteiger partial charge in [-0.15, -0.1) is 0 Å². The lowest BCUT2D eigenvalue weighted by Gasteiger charge is -2.26. The van der Waals surface area contributed by atoms with E-state index in [2.05, 4.69) is 4.98 Å². The maximum absolute atomic E-state index is 13.2.